The van der Waals surface area contributed by atoms with E-state index in [1.807, 2.05) is 6.07 Å². The van der Waals surface area contributed by atoms with Gasteiger partial charge in [0.05, 0.1) is 23.5 Å². The summed E-state index contributed by atoms with van der Waals surface area (Å²) in [5.74, 6) is 0.0636. The summed E-state index contributed by atoms with van der Waals surface area (Å²) in [7, 11) is 0. The van der Waals surface area contributed by atoms with Gasteiger partial charge in [0.15, 0.2) is 0 Å². The zero-order chi connectivity index (χ0) is 23.0. The number of aromatic nitrogens is 3. The van der Waals surface area contributed by atoms with Crippen LogP contribution in [0.1, 0.15) is 46.2 Å². The zero-order valence-electron chi connectivity index (χ0n) is 18.7. The molecule has 0 unspecified atom stereocenters. The lowest BCUT2D eigenvalue weighted by Crippen LogP contribution is -2.43. The van der Waals surface area contributed by atoms with E-state index in [0.29, 0.717) is 36.4 Å². The molecule has 1 atom stereocenters. The number of ether oxygens (including phenoxy) is 2. The summed E-state index contributed by atoms with van der Waals surface area (Å²) in [5.41, 5.74) is 1.42. The van der Waals surface area contributed by atoms with Gasteiger partial charge in [-0.3, -0.25) is 4.57 Å². The Bertz CT molecular complexity index is 1030. The third-order valence-corrected chi connectivity index (χ3v) is 5.75. The number of anilines is 1. The SMILES string of the molecule is C[C@H](C(=O)OC(C)(C)C)N1Cc2cc(-c3nc(NC4CCOCC4)ncc3Cl)cn2C1=O. The Morgan fingerprint density at radius 3 is 2.72 bits per heavy atom. The number of carbonyl (C=O) groups is 2. The lowest BCUT2D eigenvalue weighted by atomic mass is 10.1. The highest BCUT2D eigenvalue weighted by molar-refractivity contribution is 6.32. The average molecular weight is 462 g/mol. The Labute approximate surface area is 192 Å². The highest BCUT2D eigenvalue weighted by atomic mass is 35.5. The van der Waals surface area contributed by atoms with E-state index >= 15 is 0 Å². The molecule has 1 amide bonds. The molecule has 2 aromatic rings. The number of hydrogen-bond donors (Lipinski definition) is 1. The number of esters is 1. The van der Waals surface area contributed by atoms with Gasteiger partial charge in [-0.1, -0.05) is 11.6 Å². The minimum absolute atomic E-state index is 0.251. The van der Waals surface area contributed by atoms with E-state index in [9.17, 15) is 9.59 Å². The fourth-order valence-corrected chi connectivity index (χ4v) is 4.00. The standard InChI is InChI=1S/C22H28ClN5O4/c1-13(19(29)32-22(2,3)4)27-12-16-9-14(11-28(16)21(27)30)18-17(23)10-24-20(26-18)25-15-5-7-31-8-6-15/h9-11,13,15H,5-8,12H2,1-4H3,(H,24,25,26)/t13-/m1/s1. The minimum Gasteiger partial charge on any atom is -0.458 e. The minimum atomic E-state index is -0.692. The number of fused-ring (bicyclic) bond motifs is 1. The predicted molar refractivity (Wildman–Crippen MR) is 120 cm³/mol. The maximum Gasteiger partial charge on any atom is 0.329 e. The summed E-state index contributed by atoms with van der Waals surface area (Å²) in [4.78, 5) is 35.8. The predicted octanol–water partition coefficient (Wildman–Crippen LogP) is 3.70. The number of hydrogen-bond acceptors (Lipinski definition) is 7. The first-order valence-electron chi connectivity index (χ1n) is 10.7. The van der Waals surface area contributed by atoms with E-state index in [4.69, 9.17) is 21.1 Å². The maximum absolute atomic E-state index is 13.0. The van der Waals surface area contributed by atoms with Crippen LogP contribution in [0.5, 0.6) is 0 Å². The number of carbonyl (C=O) groups excluding carboxylic acids is 2. The molecular formula is C22H28ClN5O4. The Balaban J connectivity index is 1.51. The van der Waals surface area contributed by atoms with Crippen LogP contribution >= 0.6 is 11.6 Å². The molecule has 0 aliphatic carbocycles. The average Bonchev–Trinajstić information content (AvgIpc) is 3.28. The zero-order valence-corrected chi connectivity index (χ0v) is 19.5. The van der Waals surface area contributed by atoms with Gasteiger partial charge in [0, 0.05) is 36.7 Å². The molecule has 32 heavy (non-hydrogen) atoms. The first kappa shape index (κ1) is 22.5. The molecule has 0 aromatic carbocycles. The van der Waals surface area contributed by atoms with Gasteiger partial charge in [0.2, 0.25) is 5.95 Å². The summed E-state index contributed by atoms with van der Waals surface area (Å²) in [5, 5.41) is 3.74. The first-order valence-corrected chi connectivity index (χ1v) is 11.1. The molecule has 2 aliphatic heterocycles. The smallest absolute Gasteiger partial charge is 0.329 e. The Morgan fingerprint density at radius 2 is 2.06 bits per heavy atom. The normalized spacial score (nSPS) is 17.9. The van der Waals surface area contributed by atoms with Crippen LogP contribution in [-0.2, 0) is 20.8 Å². The van der Waals surface area contributed by atoms with Crippen LogP contribution in [0.15, 0.2) is 18.5 Å². The molecule has 4 heterocycles. The summed E-state index contributed by atoms with van der Waals surface area (Å²) >= 11 is 6.38. The fourth-order valence-electron chi connectivity index (χ4n) is 3.80. The molecule has 4 rings (SSSR count). The van der Waals surface area contributed by atoms with E-state index in [1.165, 1.54) is 9.47 Å². The monoisotopic (exact) mass is 461 g/mol. The topological polar surface area (TPSA) is 98.6 Å². The van der Waals surface area contributed by atoms with Gasteiger partial charge >= 0.3 is 12.0 Å². The molecule has 1 saturated heterocycles. The van der Waals surface area contributed by atoms with Crippen molar-refractivity contribution in [2.75, 3.05) is 18.5 Å². The van der Waals surface area contributed by atoms with Crippen molar-refractivity contribution in [1.82, 2.24) is 19.4 Å². The molecule has 10 heteroatoms. The van der Waals surface area contributed by atoms with Crippen molar-refractivity contribution in [2.45, 2.75) is 64.8 Å². The third-order valence-electron chi connectivity index (χ3n) is 5.47. The second-order valence-corrected chi connectivity index (χ2v) is 9.54. The lowest BCUT2D eigenvalue weighted by Gasteiger charge is -2.26. The molecule has 2 aliphatic rings. The van der Waals surface area contributed by atoms with Crippen LogP contribution in [0.2, 0.25) is 5.02 Å². The summed E-state index contributed by atoms with van der Waals surface area (Å²) in [6.45, 7) is 8.81. The van der Waals surface area contributed by atoms with Gasteiger partial charge < -0.3 is 19.7 Å². The van der Waals surface area contributed by atoms with Gasteiger partial charge in [-0.2, -0.15) is 0 Å². The van der Waals surface area contributed by atoms with Gasteiger partial charge in [-0.15, -0.1) is 0 Å². The number of nitrogens with zero attached hydrogens (tertiary/aromatic N) is 4. The second kappa shape index (κ2) is 8.71. The van der Waals surface area contributed by atoms with Crippen LogP contribution in [0, 0.1) is 0 Å². The number of halogens is 1. The fraction of sp³-hybridized carbons (Fsp3) is 0.545. The summed E-state index contributed by atoms with van der Waals surface area (Å²) in [6, 6.07) is 1.14. The molecular weight excluding hydrogens is 434 g/mol. The number of nitrogens with one attached hydrogen (secondary N) is 1. The van der Waals surface area contributed by atoms with E-state index in [1.54, 1.807) is 40.1 Å². The van der Waals surface area contributed by atoms with Crippen LogP contribution in [0.4, 0.5) is 10.7 Å². The van der Waals surface area contributed by atoms with Gasteiger partial charge in [0.25, 0.3) is 0 Å². The van der Waals surface area contributed by atoms with Crippen molar-refractivity contribution in [3.8, 4) is 11.3 Å². The number of rotatable bonds is 5. The molecule has 0 radical (unpaired) electrons. The van der Waals surface area contributed by atoms with Crippen LogP contribution in [0.25, 0.3) is 11.3 Å². The molecule has 2 aromatic heterocycles. The molecule has 0 bridgehead atoms. The third kappa shape index (κ3) is 4.73. The van der Waals surface area contributed by atoms with E-state index in [2.05, 4.69) is 15.3 Å². The van der Waals surface area contributed by atoms with Gasteiger partial charge in [0.1, 0.15) is 11.6 Å². The largest absolute Gasteiger partial charge is 0.458 e. The maximum atomic E-state index is 13.0. The Morgan fingerprint density at radius 1 is 1.34 bits per heavy atom. The highest BCUT2D eigenvalue weighted by Gasteiger charge is 2.36. The van der Waals surface area contributed by atoms with E-state index in [0.717, 1.165) is 24.1 Å². The first-order chi connectivity index (χ1) is 15.1. The second-order valence-electron chi connectivity index (χ2n) is 9.13. The number of amides is 1. The molecule has 9 nitrogen and oxygen atoms in total. The van der Waals surface area contributed by atoms with Crippen molar-refractivity contribution >= 4 is 29.5 Å². The summed E-state index contributed by atoms with van der Waals surface area (Å²) < 4.78 is 12.3. The molecule has 1 N–H and O–H groups in total. The van der Waals surface area contributed by atoms with Crippen LogP contribution < -0.4 is 5.32 Å². The molecule has 172 valence electrons. The van der Waals surface area contributed by atoms with Crippen molar-refractivity contribution in [3.63, 3.8) is 0 Å². The van der Waals surface area contributed by atoms with Gasteiger partial charge in [-0.05, 0) is 46.6 Å². The lowest BCUT2D eigenvalue weighted by molar-refractivity contribution is -0.159. The highest BCUT2D eigenvalue weighted by Crippen LogP contribution is 2.32. The molecule has 0 spiro atoms. The van der Waals surface area contributed by atoms with E-state index < -0.39 is 17.6 Å². The van der Waals surface area contributed by atoms with Gasteiger partial charge in [-0.25, -0.2) is 19.6 Å². The van der Waals surface area contributed by atoms with Crippen molar-refractivity contribution in [3.05, 3.63) is 29.2 Å². The summed E-state index contributed by atoms with van der Waals surface area (Å²) in [6.07, 6.45) is 5.04. The molecule has 0 saturated carbocycles. The van der Waals surface area contributed by atoms with Crippen LogP contribution in [0.3, 0.4) is 0 Å². The van der Waals surface area contributed by atoms with Crippen LogP contribution in [-0.4, -0.2) is 62.3 Å². The Hall–Kier alpha value is -2.65. The van der Waals surface area contributed by atoms with Crippen molar-refractivity contribution in [2.24, 2.45) is 0 Å². The van der Waals surface area contributed by atoms with Crippen molar-refractivity contribution < 1.29 is 19.1 Å². The van der Waals surface area contributed by atoms with Crippen molar-refractivity contribution in [1.29, 1.82) is 0 Å². The molecule has 1 fully saturated rings. The Kier molecular flexibility index (Phi) is 6.13. The quantitative estimate of drug-likeness (QED) is 0.677. The van der Waals surface area contributed by atoms with E-state index in [-0.39, 0.29) is 12.1 Å².